The van der Waals surface area contributed by atoms with Crippen molar-refractivity contribution in [1.29, 1.82) is 0 Å². The summed E-state index contributed by atoms with van der Waals surface area (Å²) >= 11 is 5.82. The Morgan fingerprint density at radius 1 is 1.26 bits per heavy atom. The van der Waals surface area contributed by atoms with Gasteiger partial charge in [-0.15, -0.1) is 0 Å². The molecule has 0 aliphatic heterocycles. The van der Waals surface area contributed by atoms with Gasteiger partial charge in [0.05, 0.1) is 6.61 Å². The fourth-order valence-electron chi connectivity index (χ4n) is 1.66. The van der Waals surface area contributed by atoms with Crippen LogP contribution in [0.25, 0.3) is 11.3 Å². The SMILES string of the molecule is CN(CCO)C(=O)c1ccc(-c2ccc(Cl)cc2)o1. The molecule has 0 radical (unpaired) electrons. The van der Waals surface area contributed by atoms with Crippen molar-refractivity contribution >= 4 is 17.5 Å². The molecule has 0 saturated carbocycles. The monoisotopic (exact) mass is 279 g/mol. The third kappa shape index (κ3) is 3.16. The molecule has 2 rings (SSSR count). The first kappa shape index (κ1) is 13.6. The number of benzene rings is 1. The molecular formula is C14H14ClNO3. The molecule has 1 amide bonds. The highest BCUT2D eigenvalue weighted by Gasteiger charge is 2.16. The number of rotatable bonds is 4. The number of likely N-dealkylation sites (N-methyl/N-ethyl adjacent to an activating group) is 1. The standard InChI is InChI=1S/C14H14ClNO3/c1-16(8-9-17)14(18)13-7-6-12(19-13)10-2-4-11(15)5-3-10/h2-7,17H,8-9H2,1H3. The van der Waals surface area contributed by atoms with Crippen molar-refractivity contribution in [2.24, 2.45) is 0 Å². The quantitative estimate of drug-likeness (QED) is 0.936. The number of amides is 1. The Hall–Kier alpha value is -1.78. The molecule has 0 spiro atoms. The highest BCUT2D eigenvalue weighted by molar-refractivity contribution is 6.30. The summed E-state index contributed by atoms with van der Waals surface area (Å²) in [6, 6.07) is 10.5. The second kappa shape index (κ2) is 5.91. The van der Waals surface area contributed by atoms with Gasteiger partial charge in [0.15, 0.2) is 5.76 Å². The van der Waals surface area contributed by atoms with Crippen molar-refractivity contribution in [3.8, 4) is 11.3 Å². The highest BCUT2D eigenvalue weighted by Crippen LogP contribution is 2.24. The van der Waals surface area contributed by atoms with Crippen LogP contribution in [0.2, 0.25) is 5.02 Å². The van der Waals surface area contributed by atoms with Gasteiger partial charge < -0.3 is 14.4 Å². The summed E-state index contributed by atoms with van der Waals surface area (Å²) in [4.78, 5) is 13.3. The molecule has 5 heteroatoms. The summed E-state index contributed by atoms with van der Waals surface area (Å²) in [5.41, 5.74) is 0.855. The summed E-state index contributed by atoms with van der Waals surface area (Å²) in [6.45, 7) is 0.197. The van der Waals surface area contributed by atoms with Gasteiger partial charge in [0.2, 0.25) is 0 Å². The fourth-order valence-corrected chi connectivity index (χ4v) is 1.79. The second-order valence-corrected chi connectivity index (χ2v) is 4.56. The normalized spacial score (nSPS) is 10.5. The maximum Gasteiger partial charge on any atom is 0.289 e. The minimum Gasteiger partial charge on any atom is -0.451 e. The van der Waals surface area contributed by atoms with Gasteiger partial charge >= 0.3 is 0 Å². The van der Waals surface area contributed by atoms with Gasteiger partial charge in [0, 0.05) is 24.2 Å². The molecule has 4 nitrogen and oxygen atoms in total. The Kier molecular flexibility index (Phi) is 4.24. The summed E-state index contributed by atoms with van der Waals surface area (Å²) in [7, 11) is 1.61. The number of carbonyl (C=O) groups is 1. The van der Waals surface area contributed by atoms with Gasteiger partial charge in [-0.05, 0) is 36.4 Å². The number of hydrogen-bond donors (Lipinski definition) is 1. The van der Waals surface area contributed by atoms with E-state index in [1.54, 1.807) is 31.3 Å². The number of halogens is 1. The molecule has 2 aromatic rings. The first-order valence-electron chi connectivity index (χ1n) is 5.84. The number of aliphatic hydroxyl groups is 1. The van der Waals surface area contributed by atoms with Gasteiger partial charge in [-0.3, -0.25) is 4.79 Å². The number of hydrogen-bond acceptors (Lipinski definition) is 3. The van der Waals surface area contributed by atoms with Crippen LogP contribution in [0.15, 0.2) is 40.8 Å². The zero-order chi connectivity index (χ0) is 13.8. The van der Waals surface area contributed by atoms with Crippen LogP contribution in [0, 0.1) is 0 Å². The lowest BCUT2D eigenvalue weighted by atomic mass is 10.2. The molecule has 100 valence electrons. The van der Waals surface area contributed by atoms with E-state index in [9.17, 15) is 4.79 Å². The van der Waals surface area contributed by atoms with E-state index in [4.69, 9.17) is 21.1 Å². The van der Waals surface area contributed by atoms with Gasteiger partial charge in [-0.1, -0.05) is 11.6 Å². The predicted molar refractivity (Wildman–Crippen MR) is 73.2 cm³/mol. The van der Waals surface area contributed by atoms with Gasteiger partial charge in [-0.25, -0.2) is 0 Å². The molecule has 0 atom stereocenters. The Balaban J connectivity index is 2.19. The predicted octanol–water partition coefficient (Wildman–Crippen LogP) is 2.66. The van der Waals surface area contributed by atoms with Crippen molar-refractivity contribution in [3.05, 3.63) is 47.2 Å². The molecule has 1 N–H and O–H groups in total. The van der Waals surface area contributed by atoms with E-state index in [0.717, 1.165) is 5.56 Å². The molecule has 1 aromatic carbocycles. The zero-order valence-corrected chi connectivity index (χ0v) is 11.2. The van der Waals surface area contributed by atoms with Crippen molar-refractivity contribution in [3.63, 3.8) is 0 Å². The third-order valence-electron chi connectivity index (χ3n) is 2.73. The summed E-state index contributed by atoms with van der Waals surface area (Å²) in [6.07, 6.45) is 0. The molecule has 0 fully saturated rings. The van der Waals surface area contributed by atoms with Crippen LogP contribution >= 0.6 is 11.6 Å². The van der Waals surface area contributed by atoms with E-state index < -0.39 is 0 Å². The number of furan rings is 1. The number of nitrogens with zero attached hydrogens (tertiary/aromatic N) is 1. The lowest BCUT2D eigenvalue weighted by Gasteiger charge is -2.13. The van der Waals surface area contributed by atoms with Crippen molar-refractivity contribution in [2.45, 2.75) is 0 Å². The first-order chi connectivity index (χ1) is 9.11. The lowest BCUT2D eigenvalue weighted by Crippen LogP contribution is -2.29. The molecule has 19 heavy (non-hydrogen) atoms. The summed E-state index contributed by atoms with van der Waals surface area (Å²) < 4.78 is 5.52. The van der Waals surface area contributed by atoms with Crippen LogP contribution in [0.3, 0.4) is 0 Å². The van der Waals surface area contributed by atoms with E-state index in [-0.39, 0.29) is 24.8 Å². The zero-order valence-electron chi connectivity index (χ0n) is 10.5. The maximum atomic E-state index is 11.9. The second-order valence-electron chi connectivity index (χ2n) is 4.12. The summed E-state index contributed by atoms with van der Waals surface area (Å²) in [5, 5.41) is 9.45. The Labute approximate surface area is 116 Å². The largest absolute Gasteiger partial charge is 0.451 e. The average Bonchev–Trinajstić information content (AvgIpc) is 2.88. The minimum atomic E-state index is -0.255. The fraction of sp³-hybridized carbons (Fsp3) is 0.214. The molecule has 0 aliphatic carbocycles. The van der Waals surface area contributed by atoms with Crippen molar-refractivity contribution < 1.29 is 14.3 Å². The average molecular weight is 280 g/mol. The van der Waals surface area contributed by atoms with Crippen LogP contribution in [0.4, 0.5) is 0 Å². The van der Waals surface area contributed by atoms with E-state index in [1.165, 1.54) is 4.90 Å². The number of aliphatic hydroxyl groups excluding tert-OH is 1. The highest BCUT2D eigenvalue weighted by atomic mass is 35.5. The molecule has 1 heterocycles. The van der Waals surface area contributed by atoms with Crippen LogP contribution in [0.1, 0.15) is 10.6 Å². The maximum absolute atomic E-state index is 11.9. The van der Waals surface area contributed by atoms with Crippen LogP contribution in [-0.2, 0) is 0 Å². The molecule has 0 saturated heterocycles. The molecule has 0 unspecified atom stereocenters. The van der Waals surface area contributed by atoms with Gasteiger partial charge in [0.1, 0.15) is 5.76 Å². The molecule has 0 bridgehead atoms. The third-order valence-corrected chi connectivity index (χ3v) is 2.98. The Morgan fingerprint density at radius 2 is 1.95 bits per heavy atom. The Bertz CT molecular complexity index is 562. The van der Waals surface area contributed by atoms with Crippen LogP contribution in [-0.4, -0.2) is 36.1 Å². The van der Waals surface area contributed by atoms with E-state index in [0.29, 0.717) is 10.8 Å². The molecular weight excluding hydrogens is 266 g/mol. The van der Waals surface area contributed by atoms with Crippen molar-refractivity contribution in [1.82, 2.24) is 4.90 Å². The first-order valence-corrected chi connectivity index (χ1v) is 6.21. The van der Waals surface area contributed by atoms with Crippen LogP contribution < -0.4 is 0 Å². The Morgan fingerprint density at radius 3 is 2.58 bits per heavy atom. The topological polar surface area (TPSA) is 53.7 Å². The minimum absolute atomic E-state index is 0.0764. The van der Waals surface area contributed by atoms with Gasteiger partial charge in [-0.2, -0.15) is 0 Å². The van der Waals surface area contributed by atoms with E-state index in [1.807, 2.05) is 12.1 Å². The van der Waals surface area contributed by atoms with E-state index >= 15 is 0 Å². The molecule has 0 aliphatic rings. The van der Waals surface area contributed by atoms with Gasteiger partial charge in [0.25, 0.3) is 5.91 Å². The summed E-state index contributed by atoms with van der Waals surface area (Å²) in [5.74, 6) is 0.604. The number of carbonyl (C=O) groups excluding carboxylic acids is 1. The molecule has 1 aromatic heterocycles. The smallest absolute Gasteiger partial charge is 0.289 e. The lowest BCUT2D eigenvalue weighted by molar-refractivity contribution is 0.0736. The van der Waals surface area contributed by atoms with Crippen molar-refractivity contribution in [2.75, 3.05) is 20.2 Å². The van der Waals surface area contributed by atoms with E-state index in [2.05, 4.69) is 0 Å². The van der Waals surface area contributed by atoms with Crippen LogP contribution in [0.5, 0.6) is 0 Å².